The molecule has 32 heavy (non-hydrogen) atoms. The van der Waals surface area contributed by atoms with E-state index in [0.29, 0.717) is 33.8 Å². The average molecular weight is 431 g/mol. The van der Waals surface area contributed by atoms with Crippen molar-refractivity contribution in [2.75, 3.05) is 11.5 Å². The van der Waals surface area contributed by atoms with Crippen molar-refractivity contribution in [2.24, 2.45) is 0 Å². The molecule has 8 heteroatoms. The number of halogens is 1. The number of hydrogen-bond acceptors (Lipinski definition) is 5. The number of anilines is 1. The molecule has 0 bridgehead atoms. The monoisotopic (exact) mass is 431 g/mol. The number of benzene rings is 2. The summed E-state index contributed by atoms with van der Waals surface area (Å²) in [6.07, 6.45) is 1.52. The number of carbonyl (C=O) groups is 2. The first-order valence-corrected chi connectivity index (χ1v) is 10.1. The number of amides is 1. The summed E-state index contributed by atoms with van der Waals surface area (Å²) < 4.78 is 25.5. The summed E-state index contributed by atoms with van der Waals surface area (Å²) >= 11 is 0. The maximum absolute atomic E-state index is 14.9. The van der Waals surface area contributed by atoms with Crippen LogP contribution in [-0.4, -0.2) is 28.7 Å². The highest BCUT2D eigenvalue weighted by molar-refractivity contribution is 6.11. The number of ether oxygens (including phenoxy) is 1. The van der Waals surface area contributed by atoms with Crippen LogP contribution < -0.4 is 4.90 Å². The molecular weight excluding hydrogens is 413 g/mol. The molecule has 1 amide bonds. The predicted octanol–water partition coefficient (Wildman–Crippen LogP) is 4.74. The Morgan fingerprint density at radius 3 is 2.62 bits per heavy atom. The number of carbonyl (C=O) groups excluding carboxylic acids is 2. The molecule has 0 fully saturated rings. The maximum Gasteiger partial charge on any atom is 0.338 e. The molecule has 1 N–H and O–H groups in total. The topological polar surface area (TPSA) is 88.4 Å². The summed E-state index contributed by atoms with van der Waals surface area (Å²) in [5.41, 5.74) is 2.42. The Balaban J connectivity index is 1.65. The molecule has 7 nitrogen and oxygen atoms in total. The second kappa shape index (κ2) is 7.81. The molecular formula is C24H18FN3O4. The van der Waals surface area contributed by atoms with Crippen molar-refractivity contribution in [1.82, 2.24) is 10.2 Å². The summed E-state index contributed by atoms with van der Waals surface area (Å²) in [5, 5.41) is 7.08. The van der Waals surface area contributed by atoms with Crippen LogP contribution in [0, 0.1) is 5.82 Å². The summed E-state index contributed by atoms with van der Waals surface area (Å²) in [5.74, 6) is -0.790. The zero-order valence-corrected chi connectivity index (χ0v) is 17.0. The quantitative estimate of drug-likeness (QED) is 0.461. The number of furan rings is 1. The Hall–Kier alpha value is -4.20. The van der Waals surface area contributed by atoms with Crippen LogP contribution in [0.4, 0.5) is 10.1 Å². The summed E-state index contributed by atoms with van der Waals surface area (Å²) in [6, 6.07) is 15.4. The number of H-pyrrole nitrogens is 1. The van der Waals surface area contributed by atoms with Gasteiger partial charge in [-0.2, -0.15) is 5.10 Å². The normalized spacial score (nSPS) is 15.1. The van der Waals surface area contributed by atoms with E-state index in [1.807, 2.05) is 0 Å². The number of rotatable bonds is 5. The molecule has 0 radical (unpaired) electrons. The SMILES string of the molecule is CCOC(=O)c1ccc(N2C(=O)c3n[nH]c(-c4ccco4)c3C2c2ccccc2F)cc1. The van der Waals surface area contributed by atoms with E-state index in [0.717, 1.165) is 0 Å². The van der Waals surface area contributed by atoms with E-state index in [9.17, 15) is 14.0 Å². The molecule has 2 aromatic heterocycles. The molecule has 0 aliphatic carbocycles. The Morgan fingerprint density at radius 1 is 1.16 bits per heavy atom. The van der Waals surface area contributed by atoms with Gasteiger partial charge in [-0.15, -0.1) is 0 Å². The van der Waals surface area contributed by atoms with Gasteiger partial charge in [0.05, 0.1) is 24.5 Å². The van der Waals surface area contributed by atoms with Crippen LogP contribution in [0.25, 0.3) is 11.5 Å². The minimum atomic E-state index is -0.772. The third-order valence-electron chi connectivity index (χ3n) is 5.38. The lowest BCUT2D eigenvalue weighted by Crippen LogP contribution is -2.29. The molecule has 0 saturated carbocycles. The number of fused-ring (bicyclic) bond motifs is 1. The van der Waals surface area contributed by atoms with Gasteiger partial charge in [0.2, 0.25) is 0 Å². The fourth-order valence-corrected chi connectivity index (χ4v) is 3.98. The van der Waals surface area contributed by atoms with E-state index in [1.165, 1.54) is 17.2 Å². The molecule has 1 unspecified atom stereocenters. The summed E-state index contributed by atoms with van der Waals surface area (Å²) in [4.78, 5) is 26.9. The highest BCUT2D eigenvalue weighted by Crippen LogP contribution is 2.45. The fraction of sp³-hybridized carbons (Fsp3) is 0.125. The number of nitrogens with zero attached hydrogens (tertiary/aromatic N) is 2. The molecule has 0 spiro atoms. The van der Waals surface area contributed by atoms with Crippen molar-refractivity contribution in [3.05, 3.63) is 95.1 Å². The van der Waals surface area contributed by atoms with E-state index in [-0.39, 0.29) is 18.2 Å². The number of aromatic nitrogens is 2. The van der Waals surface area contributed by atoms with E-state index in [4.69, 9.17) is 9.15 Å². The second-order valence-corrected chi connectivity index (χ2v) is 7.20. The molecule has 160 valence electrons. The van der Waals surface area contributed by atoms with E-state index in [2.05, 4.69) is 10.2 Å². The lowest BCUT2D eigenvalue weighted by Gasteiger charge is -2.26. The van der Waals surface area contributed by atoms with Gasteiger partial charge >= 0.3 is 5.97 Å². The molecule has 1 atom stereocenters. The van der Waals surface area contributed by atoms with Crippen LogP contribution in [0.3, 0.4) is 0 Å². The largest absolute Gasteiger partial charge is 0.463 e. The van der Waals surface area contributed by atoms with E-state index < -0.39 is 17.8 Å². The zero-order chi connectivity index (χ0) is 22.2. The molecule has 0 saturated heterocycles. The third-order valence-corrected chi connectivity index (χ3v) is 5.38. The van der Waals surface area contributed by atoms with Crippen LogP contribution in [0.2, 0.25) is 0 Å². The minimum Gasteiger partial charge on any atom is -0.463 e. The van der Waals surface area contributed by atoms with Crippen molar-refractivity contribution >= 4 is 17.6 Å². The smallest absolute Gasteiger partial charge is 0.338 e. The van der Waals surface area contributed by atoms with Crippen LogP contribution in [0.1, 0.15) is 44.9 Å². The Morgan fingerprint density at radius 2 is 1.94 bits per heavy atom. The first-order valence-electron chi connectivity index (χ1n) is 10.1. The number of nitrogens with one attached hydrogen (secondary N) is 1. The van der Waals surface area contributed by atoms with Crippen LogP contribution in [0.15, 0.2) is 71.3 Å². The summed E-state index contributed by atoms with van der Waals surface area (Å²) in [7, 11) is 0. The van der Waals surface area contributed by atoms with Gasteiger partial charge in [0.15, 0.2) is 11.5 Å². The highest BCUT2D eigenvalue weighted by atomic mass is 19.1. The standard InChI is InChI=1S/C24H18FN3O4/c1-2-31-24(30)14-9-11-15(12-10-14)28-22(16-6-3-4-7-17(16)25)19-20(18-8-5-13-32-18)26-27-21(19)23(28)29/h3-13,22H,2H2,1H3,(H,26,27). The van der Waals surface area contributed by atoms with Gasteiger partial charge in [0, 0.05) is 16.8 Å². The molecule has 1 aliphatic rings. The van der Waals surface area contributed by atoms with E-state index >= 15 is 0 Å². The van der Waals surface area contributed by atoms with Gasteiger partial charge in [0.1, 0.15) is 11.5 Å². The first kappa shape index (κ1) is 19.7. The first-order chi connectivity index (χ1) is 15.6. The lowest BCUT2D eigenvalue weighted by molar-refractivity contribution is 0.0526. The van der Waals surface area contributed by atoms with Gasteiger partial charge in [-0.1, -0.05) is 18.2 Å². The zero-order valence-electron chi connectivity index (χ0n) is 17.0. The number of aromatic amines is 1. The van der Waals surface area contributed by atoms with Crippen molar-refractivity contribution in [2.45, 2.75) is 13.0 Å². The lowest BCUT2D eigenvalue weighted by atomic mass is 9.97. The highest BCUT2D eigenvalue weighted by Gasteiger charge is 2.44. The third kappa shape index (κ3) is 3.08. The Kier molecular flexibility index (Phi) is 4.82. The van der Waals surface area contributed by atoms with Crippen molar-refractivity contribution in [1.29, 1.82) is 0 Å². The number of hydrogen-bond donors (Lipinski definition) is 1. The van der Waals surface area contributed by atoms with E-state index in [1.54, 1.807) is 61.5 Å². The predicted molar refractivity (Wildman–Crippen MR) is 114 cm³/mol. The molecule has 1 aliphatic heterocycles. The fourth-order valence-electron chi connectivity index (χ4n) is 3.98. The average Bonchev–Trinajstić information content (AvgIpc) is 3.52. The molecule has 2 aromatic carbocycles. The minimum absolute atomic E-state index is 0.194. The second-order valence-electron chi connectivity index (χ2n) is 7.20. The van der Waals surface area contributed by atoms with Gasteiger partial charge in [0.25, 0.3) is 5.91 Å². The van der Waals surface area contributed by atoms with Gasteiger partial charge in [-0.3, -0.25) is 14.8 Å². The van der Waals surface area contributed by atoms with Crippen LogP contribution >= 0.6 is 0 Å². The van der Waals surface area contributed by atoms with Crippen molar-refractivity contribution < 1.29 is 23.1 Å². The number of esters is 1. The van der Waals surface area contributed by atoms with Gasteiger partial charge in [-0.05, 0) is 49.4 Å². The molecule has 5 rings (SSSR count). The van der Waals surface area contributed by atoms with Crippen LogP contribution in [0.5, 0.6) is 0 Å². The molecule has 3 heterocycles. The Bertz CT molecular complexity index is 1300. The summed E-state index contributed by atoms with van der Waals surface area (Å²) in [6.45, 7) is 1.99. The maximum atomic E-state index is 14.9. The van der Waals surface area contributed by atoms with Crippen LogP contribution in [-0.2, 0) is 4.74 Å². The van der Waals surface area contributed by atoms with Crippen molar-refractivity contribution in [3.63, 3.8) is 0 Å². The van der Waals surface area contributed by atoms with Gasteiger partial charge in [-0.25, -0.2) is 9.18 Å². The van der Waals surface area contributed by atoms with Gasteiger partial charge < -0.3 is 9.15 Å². The van der Waals surface area contributed by atoms with Crippen molar-refractivity contribution in [3.8, 4) is 11.5 Å². The molecule has 4 aromatic rings. The Labute approximate surface area is 182 Å².